The quantitative estimate of drug-likeness (QED) is 0.449. The van der Waals surface area contributed by atoms with Gasteiger partial charge in [-0.1, -0.05) is 32.9 Å². The van der Waals surface area contributed by atoms with E-state index in [9.17, 15) is 13.5 Å². The molecule has 0 aliphatic rings. The fourth-order valence-electron chi connectivity index (χ4n) is 3.53. The summed E-state index contributed by atoms with van der Waals surface area (Å²) in [5.74, 6) is 1.20. The molecule has 2 heterocycles. The van der Waals surface area contributed by atoms with Crippen LogP contribution in [0.2, 0.25) is 0 Å². The van der Waals surface area contributed by atoms with Crippen molar-refractivity contribution < 1.29 is 27.7 Å². The molecule has 2 atom stereocenters. The van der Waals surface area contributed by atoms with Gasteiger partial charge in [-0.2, -0.15) is 0 Å². The molecule has 0 aliphatic carbocycles. The van der Waals surface area contributed by atoms with Gasteiger partial charge in [0, 0.05) is 6.07 Å². The molecule has 0 amide bonds. The van der Waals surface area contributed by atoms with Crippen molar-refractivity contribution in [2.45, 2.75) is 39.0 Å². The number of aromatic nitrogens is 4. The molecule has 3 rings (SSSR count). The van der Waals surface area contributed by atoms with Gasteiger partial charge in [-0.15, -0.1) is 10.2 Å². The number of pyridine rings is 1. The van der Waals surface area contributed by atoms with Crippen LogP contribution in [0.3, 0.4) is 0 Å². The first-order valence-corrected chi connectivity index (χ1v) is 12.4. The van der Waals surface area contributed by atoms with E-state index >= 15 is 0 Å². The normalized spacial score (nSPS) is 13.7. The second-order valence-corrected chi connectivity index (χ2v) is 11.0. The second kappa shape index (κ2) is 10.1. The van der Waals surface area contributed by atoms with Gasteiger partial charge in [0.25, 0.3) is 0 Å². The number of rotatable bonds is 9. The van der Waals surface area contributed by atoms with E-state index in [0.717, 1.165) is 0 Å². The third-order valence-corrected chi connectivity index (χ3v) is 7.21. The van der Waals surface area contributed by atoms with Crippen molar-refractivity contribution in [3.05, 3.63) is 36.4 Å². The number of aliphatic hydroxyl groups excluding tert-OH is 1. The molecule has 2 unspecified atom stereocenters. The molecular formula is C23H31N5O6S. The highest BCUT2D eigenvalue weighted by molar-refractivity contribution is 7.93. The molecule has 0 radical (unpaired) electrons. The zero-order chi connectivity index (χ0) is 26.0. The van der Waals surface area contributed by atoms with Crippen molar-refractivity contribution >= 4 is 16.0 Å². The molecule has 2 N–H and O–H groups in total. The molecule has 0 fully saturated rings. The molecule has 0 spiro atoms. The Kier molecular flexibility index (Phi) is 7.56. The summed E-state index contributed by atoms with van der Waals surface area (Å²) in [6, 6.07) is 10.2. The van der Waals surface area contributed by atoms with E-state index in [1.807, 2.05) is 0 Å². The topological polar surface area (TPSA) is 138 Å². The fourth-order valence-corrected chi connectivity index (χ4v) is 4.85. The monoisotopic (exact) mass is 505 g/mol. The Balaban J connectivity index is 2.24. The molecule has 1 aromatic carbocycles. The number of hydrogen-bond donors (Lipinski definition) is 2. The van der Waals surface area contributed by atoms with Crippen LogP contribution in [0.15, 0.2) is 36.4 Å². The van der Waals surface area contributed by atoms with Crippen LogP contribution in [-0.2, 0) is 10.0 Å². The maximum absolute atomic E-state index is 13.3. The fraction of sp³-hybridized carbons (Fsp3) is 0.435. The second-order valence-electron chi connectivity index (χ2n) is 8.92. The molecule has 0 aliphatic heterocycles. The Bertz CT molecular complexity index is 1260. The number of sulfonamides is 1. The van der Waals surface area contributed by atoms with Gasteiger partial charge in [-0.3, -0.25) is 9.29 Å². The molecule has 2 aromatic heterocycles. The molecule has 0 bridgehead atoms. The highest BCUT2D eigenvalue weighted by Gasteiger charge is 2.37. The van der Waals surface area contributed by atoms with Gasteiger partial charge >= 0.3 is 0 Å². The maximum atomic E-state index is 13.3. The zero-order valence-corrected chi connectivity index (χ0v) is 21.6. The van der Waals surface area contributed by atoms with Gasteiger partial charge in [0.2, 0.25) is 21.9 Å². The van der Waals surface area contributed by atoms with E-state index in [4.69, 9.17) is 14.2 Å². The van der Waals surface area contributed by atoms with Crippen LogP contribution >= 0.6 is 0 Å². The van der Waals surface area contributed by atoms with Gasteiger partial charge in [-0.25, -0.2) is 13.4 Å². The molecule has 3 aromatic rings. The number of aliphatic hydroxyl groups is 1. The lowest BCUT2D eigenvalue weighted by Crippen LogP contribution is -2.43. The summed E-state index contributed by atoms with van der Waals surface area (Å²) in [6.07, 6.45) is -1.14. The minimum atomic E-state index is -4.10. The van der Waals surface area contributed by atoms with Gasteiger partial charge in [0.05, 0.1) is 27.4 Å². The Morgan fingerprint density at radius 3 is 2.11 bits per heavy atom. The van der Waals surface area contributed by atoms with Gasteiger partial charge in [0.15, 0.2) is 5.82 Å². The summed E-state index contributed by atoms with van der Waals surface area (Å²) in [4.78, 5) is 4.42. The highest BCUT2D eigenvalue weighted by Crippen LogP contribution is 2.38. The molecule has 190 valence electrons. The number of hydrogen-bond acceptors (Lipinski definition) is 9. The summed E-state index contributed by atoms with van der Waals surface area (Å²) in [7, 11) is 0.358. The van der Waals surface area contributed by atoms with Crippen LogP contribution in [0.5, 0.6) is 17.4 Å². The lowest BCUT2D eigenvalue weighted by molar-refractivity contribution is 0.0627. The molecule has 0 saturated carbocycles. The molecule has 12 heteroatoms. The summed E-state index contributed by atoms with van der Waals surface area (Å²) in [6.45, 7) is 6.72. The van der Waals surface area contributed by atoms with E-state index in [1.54, 1.807) is 57.2 Å². The van der Waals surface area contributed by atoms with E-state index < -0.39 is 26.8 Å². The van der Waals surface area contributed by atoms with E-state index in [2.05, 4.69) is 19.9 Å². The average molecular weight is 506 g/mol. The van der Waals surface area contributed by atoms with Crippen molar-refractivity contribution in [2.24, 2.45) is 5.41 Å². The lowest BCUT2D eigenvalue weighted by atomic mass is 9.87. The van der Waals surface area contributed by atoms with Gasteiger partial charge < -0.3 is 19.3 Å². The van der Waals surface area contributed by atoms with Crippen LogP contribution < -0.4 is 18.9 Å². The lowest BCUT2D eigenvalue weighted by Gasteiger charge is -2.30. The third kappa shape index (κ3) is 5.33. The summed E-state index contributed by atoms with van der Waals surface area (Å²) < 4.78 is 46.8. The SMILES string of the molecule is COc1cccc(-c2nnc(NS(=O)(=O)C(C)C(O)C(C)(C)C)n2-c2c(OC)cccc2OC)n1. The van der Waals surface area contributed by atoms with Crippen LogP contribution in [-0.4, -0.2) is 66.0 Å². The van der Waals surface area contributed by atoms with Crippen molar-refractivity contribution in [1.29, 1.82) is 0 Å². The first-order valence-electron chi connectivity index (χ1n) is 10.8. The molecule has 0 saturated heterocycles. The molecule has 35 heavy (non-hydrogen) atoms. The third-order valence-electron chi connectivity index (χ3n) is 5.51. The van der Waals surface area contributed by atoms with E-state index in [-0.39, 0.29) is 11.8 Å². The summed E-state index contributed by atoms with van der Waals surface area (Å²) >= 11 is 0. The van der Waals surface area contributed by atoms with Crippen molar-refractivity contribution in [2.75, 3.05) is 26.1 Å². The van der Waals surface area contributed by atoms with E-state index in [1.165, 1.54) is 32.8 Å². The Labute approximate surface area is 205 Å². The number of benzene rings is 1. The minimum Gasteiger partial charge on any atom is -0.494 e. The minimum absolute atomic E-state index is 0.125. The van der Waals surface area contributed by atoms with E-state index in [0.29, 0.717) is 28.8 Å². The van der Waals surface area contributed by atoms with Crippen LogP contribution in [0.1, 0.15) is 27.7 Å². The van der Waals surface area contributed by atoms with Crippen molar-refractivity contribution in [3.8, 4) is 34.6 Å². The average Bonchev–Trinajstić information content (AvgIpc) is 3.23. The van der Waals surface area contributed by atoms with Crippen LogP contribution in [0, 0.1) is 5.41 Å². The number of anilines is 1. The number of nitrogens with zero attached hydrogens (tertiary/aromatic N) is 4. The number of para-hydroxylation sites is 1. The van der Waals surface area contributed by atoms with Crippen molar-refractivity contribution in [3.63, 3.8) is 0 Å². The molecule has 11 nitrogen and oxygen atoms in total. The number of ether oxygens (including phenoxy) is 3. The van der Waals surface area contributed by atoms with Crippen molar-refractivity contribution in [1.82, 2.24) is 19.7 Å². The maximum Gasteiger partial charge on any atom is 0.243 e. The van der Waals surface area contributed by atoms with Crippen LogP contribution in [0.25, 0.3) is 17.2 Å². The smallest absolute Gasteiger partial charge is 0.243 e. The summed E-state index contributed by atoms with van der Waals surface area (Å²) in [5, 5.41) is 17.8. The number of methoxy groups -OCH3 is 3. The Morgan fingerprint density at radius 2 is 1.57 bits per heavy atom. The van der Waals surface area contributed by atoms with Gasteiger partial charge in [0.1, 0.15) is 28.1 Å². The van der Waals surface area contributed by atoms with Crippen LogP contribution in [0.4, 0.5) is 5.95 Å². The Morgan fingerprint density at radius 1 is 0.971 bits per heavy atom. The van der Waals surface area contributed by atoms with Gasteiger partial charge in [-0.05, 0) is 30.5 Å². The number of nitrogens with one attached hydrogen (secondary N) is 1. The highest BCUT2D eigenvalue weighted by atomic mass is 32.2. The molecular weight excluding hydrogens is 474 g/mol. The first kappa shape index (κ1) is 26.2. The summed E-state index contributed by atoms with van der Waals surface area (Å²) in [5.41, 5.74) is 0.0745. The predicted octanol–water partition coefficient (Wildman–Crippen LogP) is 2.89. The largest absolute Gasteiger partial charge is 0.494 e. The predicted molar refractivity (Wildman–Crippen MR) is 132 cm³/mol. The first-order chi connectivity index (χ1) is 16.4. The standard InChI is InChI=1S/C23H31N5O6S/c1-14(20(29)23(2,3)4)35(30,31)27-22-26-25-21(15-10-8-13-18(24-15)34-7)28(22)19-16(32-5)11-9-12-17(19)33-6/h8-14,20,29H,1-7H3,(H,26,27). The Hall–Kier alpha value is -3.38. The zero-order valence-electron chi connectivity index (χ0n) is 20.8.